The third-order valence-corrected chi connectivity index (χ3v) is 4.96. The van der Waals surface area contributed by atoms with Crippen LogP contribution in [0.25, 0.3) is 43.5 Å². The normalized spacial score (nSPS) is 11.7. The second kappa shape index (κ2) is 4.80. The molecule has 0 spiro atoms. The Labute approximate surface area is 141 Å². The molecule has 1 N–H and O–H groups in total. The fourth-order valence-electron chi connectivity index (χ4n) is 3.71. The standard InChI is InChI=1S/C21H14N2O2/c1-23-18-9-5-3-7-13(18)20(24)16-10-14-12-6-2-4-8-17(12)22-21(25)15(14)11-19(16)23/h2-11H,1H3,(H,22,25). The van der Waals surface area contributed by atoms with Crippen LogP contribution in [0, 0.1) is 0 Å². The number of fused-ring (bicyclic) bond motifs is 5. The van der Waals surface area contributed by atoms with Gasteiger partial charge in [-0.25, -0.2) is 0 Å². The van der Waals surface area contributed by atoms with Crippen LogP contribution in [-0.2, 0) is 7.05 Å². The molecule has 5 aromatic rings. The van der Waals surface area contributed by atoms with Crippen LogP contribution in [0.15, 0.2) is 70.3 Å². The van der Waals surface area contributed by atoms with E-state index in [1.807, 2.05) is 72.3 Å². The molecular weight excluding hydrogens is 312 g/mol. The van der Waals surface area contributed by atoms with E-state index in [9.17, 15) is 9.59 Å². The summed E-state index contributed by atoms with van der Waals surface area (Å²) in [6.07, 6.45) is 0. The van der Waals surface area contributed by atoms with Crippen LogP contribution in [0.2, 0.25) is 0 Å². The van der Waals surface area contributed by atoms with E-state index in [-0.39, 0.29) is 11.0 Å². The molecule has 120 valence electrons. The van der Waals surface area contributed by atoms with Crippen LogP contribution in [0.1, 0.15) is 0 Å². The highest BCUT2D eigenvalue weighted by atomic mass is 16.1. The zero-order chi connectivity index (χ0) is 17.1. The molecular formula is C21H14N2O2. The quantitative estimate of drug-likeness (QED) is 0.348. The molecule has 0 fully saturated rings. The Bertz CT molecular complexity index is 1440. The summed E-state index contributed by atoms with van der Waals surface area (Å²) in [7, 11) is 1.92. The topological polar surface area (TPSA) is 54.9 Å². The first kappa shape index (κ1) is 14.0. The molecule has 2 aromatic heterocycles. The summed E-state index contributed by atoms with van der Waals surface area (Å²) in [6.45, 7) is 0. The number of rotatable bonds is 0. The summed E-state index contributed by atoms with van der Waals surface area (Å²) in [5.74, 6) is 0. The molecule has 4 nitrogen and oxygen atoms in total. The molecule has 0 atom stereocenters. The number of H-pyrrole nitrogens is 1. The predicted octanol–water partition coefficient (Wildman–Crippen LogP) is 3.69. The first-order chi connectivity index (χ1) is 12.1. The molecule has 0 aliphatic rings. The lowest BCUT2D eigenvalue weighted by molar-refractivity contribution is 1.00. The van der Waals surface area contributed by atoms with Gasteiger partial charge in [-0.05, 0) is 35.7 Å². The fourth-order valence-corrected chi connectivity index (χ4v) is 3.71. The van der Waals surface area contributed by atoms with Crippen molar-refractivity contribution in [2.45, 2.75) is 0 Å². The van der Waals surface area contributed by atoms with Crippen LogP contribution in [0.4, 0.5) is 0 Å². The van der Waals surface area contributed by atoms with Crippen molar-refractivity contribution in [3.63, 3.8) is 0 Å². The average Bonchev–Trinajstić information content (AvgIpc) is 2.65. The number of hydrogen-bond donors (Lipinski definition) is 1. The first-order valence-electron chi connectivity index (χ1n) is 8.11. The molecule has 5 rings (SSSR count). The molecule has 0 amide bonds. The minimum absolute atomic E-state index is 0.00466. The molecule has 0 aliphatic heterocycles. The Hall–Kier alpha value is -3.40. The molecule has 0 aliphatic carbocycles. The Balaban J connectivity index is 2.13. The zero-order valence-corrected chi connectivity index (χ0v) is 13.5. The minimum atomic E-state index is -0.142. The highest BCUT2D eigenvalue weighted by Crippen LogP contribution is 2.26. The Kier molecular flexibility index (Phi) is 2.69. The molecule has 3 aromatic carbocycles. The SMILES string of the molecule is Cn1c2ccccc2c(=O)c2cc3c(cc21)c(=O)[nH]c1ccccc13. The van der Waals surface area contributed by atoms with Gasteiger partial charge in [0.05, 0.1) is 11.0 Å². The van der Waals surface area contributed by atoms with Gasteiger partial charge in [0, 0.05) is 34.1 Å². The fraction of sp³-hybridized carbons (Fsp3) is 0.0476. The van der Waals surface area contributed by atoms with E-state index in [0.717, 1.165) is 27.3 Å². The molecule has 0 bridgehead atoms. The highest BCUT2D eigenvalue weighted by Gasteiger charge is 2.12. The molecule has 4 heteroatoms. The van der Waals surface area contributed by atoms with E-state index in [4.69, 9.17) is 0 Å². The van der Waals surface area contributed by atoms with Crippen LogP contribution in [0.5, 0.6) is 0 Å². The molecule has 0 radical (unpaired) electrons. The molecule has 0 saturated carbocycles. The van der Waals surface area contributed by atoms with Gasteiger partial charge in [-0.3, -0.25) is 9.59 Å². The summed E-state index contributed by atoms with van der Waals surface area (Å²) in [5.41, 5.74) is 2.25. The summed E-state index contributed by atoms with van der Waals surface area (Å²) < 4.78 is 1.97. The van der Waals surface area contributed by atoms with E-state index >= 15 is 0 Å². The lowest BCUT2D eigenvalue weighted by atomic mass is 10.0. The molecule has 0 unspecified atom stereocenters. The van der Waals surface area contributed by atoms with Gasteiger partial charge in [-0.15, -0.1) is 0 Å². The maximum Gasteiger partial charge on any atom is 0.256 e. The molecule has 0 saturated heterocycles. The van der Waals surface area contributed by atoms with Gasteiger partial charge in [-0.1, -0.05) is 30.3 Å². The summed E-state index contributed by atoms with van der Waals surface area (Å²) >= 11 is 0. The van der Waals surface area contributed by atoms with Crippen LogP contribution in [-0.4, -0.2) is 9.55 Å². The number of nitrogens with zero attached hydrogens (tertiary/aromatic N) is 1. The van der Waals surface area contributed by atoms with Crippen molar-refractivity contribution in [1.29, 1.82) is 0 Å². The van der Waals surface area contributed by atoms with Crippen LogP contribution in [0.3, 0.4) is 0 Å². The summed E-state index contributed by atoms with van der Waals surface area (Å²) in [5, 5.41) is 3.65. The number of para-hydroxylation sites is 2. The smallest absolute Gasteiger partial charge is 0.256 e. The monoisotopic (exact) mass is 326 g/mol. The van der Waals surface area contributed by atoms with Crippen molar-refractivity contribution in [2.75, 3.05) is 0 Å². The maximum absolute atomic E-state index is 13.0. The second-order valence-electron chi connectivity index (χ2n) is 6.32. The van der Waals surface area contributed by atoms with Gasteiger partial charge in [0.2, 0.25) is 0 Å². The lowest BCUT2D eigenvalue weighted by Gasteiger charge is -2.12. The van der Waals surface area contributed by atoms with Crippen molar-refractivity contribution in [1.82, 2.24) is 9.55 Å². The number of hydrogen-bond acceptors (Lipinski definition) is 2. The van der Waals surface area contributed by atoms with E-state index in [1.165, 1.54) is 0 Å². The van der Waals surface area contributed by atoms with E-state index in [2.05, 4.69) is 4.98 Å². The number of aromatic amines is 1. The van der Waals surface area contributed by atoms with Crippen molar-refractivity contribution < 1.29 is 0 Å². The summed E-state index contributed by atoms with van der Waals surface area (Å²) in [6, 6.07) is 18.9. The number of benzene rings is 3. The van der Waals surface area contributed by atoms with Gasteiger partial charge < -0.3 is 9.55 Å². The van der Waals surface area contributed by atoms with Crippen LogP contribution >= 0.6 is 0 Å². The van der Waals surface area contributed by atoms with E-state index in [0.29, 0.717) is 16.2 Å². The number of nitrogens with one attached hydrogen (secondary N) is 1. The third-order valence-electron chi connectivity index (χ3n) is 4.96. The zero-order valence-electron chi connectivity index (χ0n) is 13.5. The maximum atomic E-state index is 13.0. The third kappa shape index (κ3) is 1.82. The number of aromatic nitrogens is 2. The highest BCUT2D eigenvalue weighted by molar-refractivity contribution is 6.11. The number of aryl methyl sites for hydroxylation is 1. The van der Waals surface area contributed by atoms with Gasteiger partial charge in [0.15, 0.2) is 5.43 Å². The second-order valence-corrected chi connectivity index (χ2v) is 6.32. The van der Waals surface area contributed by atoms with E-state index in [1.54, 1.807) is 0 Å². The van der Waals surface area contributed by atoms with Gasteiger partial charge in [0.1, 0.15) is 0 Å². The lowest BCUT2D eigenvalue weighted by Crippen LogP contribution is -2.11. The average molecular weight is 326 g/mol. The predicted molar refractivity (Wildman–Crippen MR) is 102 cm³/mol. The van der Waals surface area contributed by atoms with Gasteiger partial charge >= 0.3 is 0 Å². The minimum Gasteiger partial charge on any atom is -0.343 e. The first-order valence-corrected chi connectivity index (χ1v) is 8.11. The Morgan fingerprint density at radius 3 is 2.28 bits per heavy atom. The van der Waals surface area contributed by atoms with E-state index < -0.39 is 0 Å². The molecule has 25 heavy (non-hydrogen) atoms. The van der Waals surface area contributed by atoms with Gasteiger partial charge in [-0.2, -0.15) is 0 Å². The molecule has 2 heterocycles. The van der Waals surface area contributed by atoms with Crippen molar-refractivity contribution in [3.05, 3.63) is 81.2 Å². The van der Waals surface area contributed by atoms with Crippen molar-refractivity contribution in [3.8, 4) is 0 Å². The van der Waals surface area contributed by atoms with Crippen LogP contribution < -0.4 is 11.0 Å². The van der Waals surface area contributed by atoms with Gasteiger partial charge in [0.25, 0.3) is 5.56 Å². The Morgan fingerprint density at radius 1 is 0.720 bits per heavy atom. The van der Waals surface area contributed by atoms with Crippen molar-refractivity contribution >= 4 is 43.5 Å². The van der Waals surface area contributed by atoms with Crippen molar-refractivity contribution in [2.24, 2.45) is 7.05 Å². The summed E-state index contributed by atoms with van der Waals surface area (Å²) in [4.78, 5) is 28.5. The Morgan fingerprint density at radius 2 is 1.44 bits per heavy atom. The number of pyridine rings is 2. The largest absolute Gasteiger partial charge is 0.343 e.